The fourth-order valence-corrected chi connectivity index (χ4v) is 3.12. The van der Waals surface area contributed by atoms with Crippen LogP contribution in [-0.4, -0.2) is 15.3 Å². The Hall–Kier alpha value is -2.98. The van der Waals surface area contributed by atoms with Gasteiger partial charge in [0, 0.05) is 10.6 Å². The summed E-state index contributed by atoms with van der Waals surface area (Å²) < 4.78 is 1.32. The van der Waals surface area contributed by atoms with Crippen LogP contribution < -0.4 is 5.56 Å². The summed E-state index contributed by atoms with van der Waals surface area (Å²) in [6, 6.07) is 18.2. The lowest BCUT2D eigenvalue weighted by Gasteiger charge is -2.08. The molecule has 0 aliphatic heterocycles. The SMILES string of the molecule is O=C(Cn1cnc2ccc(Cl)cc2c1=O)c1cccc2ccccc12. The van der Waals surface area contributed by atoms with Gasteiger partial charge in [-0.2, -0.15) is 0 Å². The fraction of sp³-hybridized carbons (Fsp3) is 0.0500. The summed E-state index contributed by atoms with van der Waals surface area (Å²) >= 11 is 5.97. The first-order valence-corrected chi connectivity index (χ1v) is 8.17. The van der Waals surface area contributed by atoms with Gasteiger partial charge in [0.05, 0.1) is 23.8 Å². The van der Waals surface area contributed by atoms with Crippen LogP contribution in [0, 0.1) is 0 Å². The first kappa shape index (κ1) is 15.5. The molecule has 1 aromatic heterocycles. The quantitative estimate of drug-likeness (QED) is 0.524. The molecule has 4 rings (SSSR count). The van der Waals surface area contributed by atoms with E-state index in [0.717, 1.165) is 10.8 Å². The van der Waals surface area contributed by atoms with Crippen LogP contribution in [0.2, 0.25) is 5.02 Å². The van der Waals surface area contributed by atoms with Crippen molar-refractivity contribution in [3.63, 3.8) is 0 Å². The number of ketones is 1. The molecule has 0 aliphatic carbocycles. The molecule has 5 heteroatoms. The van der Waals surface area contributed by atoms with Crippen molar-refractivity contribution in [1.82, 2.24) is 9.55 Å². The highest BCUT2D eigenvalue weighted by Gasteiger charge is 2.13. The van der Waals surface area contributed by atoms with Crippen molar-refractivity contribution in [2.24, 2.45) is 0 Å². The van der Waals surface area contributed by atoms with Crippen LogP contribution in [0.5, 0.6) is 0 Å². The van der Waals surface area contributed by atoms with E-state index in [1.165, 1.54) is 10.9 Å². The summed E-state index contributed by atoms with van der Waals surface area (Å²) in [5.74, 6) is -0.137. The molecule has 0 N–H and O–H groups in total. The Morgan fingerprint density at radius 2 is 1.80 bits per heavy atom. The van der Waals surface area contributed by atoms with E-state index in [-0.39, 0.29) is 17.9 Å². The average molecular weight is 349 g/mol. The molecule has 4 aromatic rings. The summed E-state index contributed by atoms with van der Waals surface area (Å²) in [6.07, 6.45) is 1.40. The maximum Gasteiger partial charge on any atom is 0.261 e. The number of benzene rings is 3. The number of carbonyl (C=O) groups excluding carboxylic acids is 1. The van der Waals surface area contributed by atoms with E-state index in [9.17, 15) is 9.59 Å². The Labute approximate surface area is 148 Å². The molecule has 0 aliphatic rings. The van der Waals surface area contributed by atoms with Gasteiger partial charge >= 0.3 is 0 Å². The lowest BCUT2D eigenvalue weighted by atomic mass is 10.0. The van der Waals surface area contributed by atoms with E-state index in [2.05, 4.69) is 4.98 Å². The molecule has 0 bridgehead atoms. The van der Waals surface area contributed by atoms with Crippen molar-refractivity contribution in [2.45, 2.75) is 6.54 Å². The monoisotopic (exact) mass is 348 g/mol. The molecule has 0 saturated heterocycles. The van der Waals surface area contributed by atoms with Crippen LogP contribution in [-0.2, 0) is 6.54 Å². The lowest BCUT2D eigenvalue weighted by Crippen LogP contribution is -2.24. The van der Waals surface area contributed by atoms with E-state index >= 15 is 0 Å². The Kier molecular flexibility index (Phi) is 3.82. The summed E-state index contributed by atoms with van der Waals surface area (Å²) in [6.45, 7) is -0.0672. The molecule has 0 spiro atoms. The Bertz CT molecular complexity index is 1180. The molecule has 3 aromatic carbocycles. The van der Waals surface area contributed by atoms with Gasteiger partial charge in [0.1, 0.15) is 0 Å². The Morgan fingerprint density at radius 1 is 1.00 bits per heavy atom. The van der Waals surface area contributed by atoms with E-state index in [1.807, 2.05) is 36.4 Å². The van der Waals surface area contributed by atoms with Crippen molar-refractivity contribution < 1.29 is 4.79 Å². The van der Waals surface area contributed by atoms with Crippen LogP contribution >= 0.6 is 11.6 Å². The Morgan fingerprint density at radius 3 is 2.68 bits per heavy atom. The van der Waals surface area contributed by atoms with Gasteiger partial charge < -0.3 is 0 Å². The van der Waals surface area contributed by atoms with Gasteiger partial charge in [0.15, 0.2) is 5.78 Å². The molecule has 0 radical (unpaired) electrons. The zero-order valence-corrected chi connectivity index (χ0v) is 13.9. The average Bonchev–Trinajstić information content (AvgIpc) is 2.64. The Balaban J connectivity index is 1.77. The molecule has 1 heterocycles. The zero-order valence-electron chi connectivity index (χ0n) is 13.1. The van der Waals surface area contributed by atoms with Crippen LogP contribution in [0.15, 0.2) is 71.8 Å². The highest BCUT2D eigenvalue weighted by molar-refractivity contribution is 6.31. The minimum absolute atomic E-state index is 0.0672. The highest BCUT2D eigenvalue weighted by atomic mass is 35.5. The van der Waals surface area contributed by atoms with Crippen molar-refractivity contribution in [3.05, 3.63) is 87.9 Å². The molecular formula is C20H13ClN2O2. The third-order valence-electron chi connectivity index (χ3n) is 4.19. The van der Waals surface area contributed by atoms with E-state index in [0.29, 0.717) is 21.5 Å². The largest absolute Gasteiger partial charge is 0.292 e. The van der Waals surface area contributed by atoms with Crippen LogP contribution in [0.1, 0.15) is 10.4 Å². The molecule has 0 atom stereocenters. The van der Waals surface area contributed by atoms with Crippen molar-refractivity contribution >= 4 is 39.1 Å². The zero-order chi connectivity index (χ0) is 17.4. The topological polar surface area (TPSA) is 52.0 Å². The number of halogens is 1. The van der Waals surface area contributed by atoms with E-state index in [4.69, 9.17) is 11.6 Å². The predicted octanol–water partition coefficient (Wildman–Crippen LogP) is 4.09. The molecule has 4 nitrogen and oxygen atoms in total. The number of carbonyl (C=O) groups is 1. The van der Waals surface area contributed by atoms with Crippen LogP contribution in [0.25, 0.3) is 21.7 Å². The van der Waals surface area contributed by atoms with Gasteiger partial charge in [-0.25, -0.2) is 4.98 Å². The van der Waals surface area contributed by atoms with Gasteiger partial charge in [-0.3, -0.25) is 14.2 Å². The van der Waals surface area contributed by atoms with Crippen LogP contribution in [0.4, 0.5) is 0 Å². The van der Waals surface area contributed by atoms with Gasteiger partial charge in [-0.1, -0.05) is 54.1 Å². The number of hydrogen-bond donors (Lipinski definition) is 0. The molecule has 0 saturated carbocycles. The molecule has 0 fully saturated rings. The van der Waals surface area contributed by atoms with Crippen molar-refractivity contribution in [3.8, 4) is 0 Å². The number of hydrogen-bond acceptors (Lipinski definition) is 3. The fourth-order valence-electron chi connectivity index (χ4n) is 2.95. The summed E-state index contributed by atoms with van der Waals surface area (Å²) in [7, 11) is 0. The van der Waals surface area contributed by atoms with Crippen molar-refractivity contribution in [2.75, 3.05) is 0 Å². The minimum Gasteiger partial charge on any atom is -0.292 e. The van der Waals surface area contributed by atoms with E-state index in [1.54, 1.807) is 24.3 Å². The number of aromatic nitrogens is 2. The number of Topliss-reactive ketones (excluding diaryl/α,β-unsaturated/α-hetero) is 1. The standard InChI is InChI=1S/C20H13ClN2O2/c21-14-8-9-18-17(10-14)20(25)23(12-22-18)11-19(24)16-7-3-5-13-4-1-2-6-15(13)16/h1-10,12H,11H2. The minimum atomic E-state index is -0.277. The molecular weight excluding hydrogens is 336 g/mol. The molecule has 122 valence electrons. The number of rotatable bonds is 3. The van der Waals surface area contributed by atoms with Crippen molar-refractivity contribution in [1.29, 1.82) is 0 Å². The van der Waals surface area contributed by atoms with E-state index < -0.39 is 0 Å². The smallest absolute Gasteiger partial charge is 0.261 e. The third-order valence-corrected chi connectivity index (χ3v) is 4.43. The third kappa shape index (κ3) is 2.81. The summed E-state index contributed by atoms with van der Waals surface area (Å²) in [4.78, 5) is 29.6. The number of nitrogens with zero attached hydrogens (tertiary/aromatic N) is 2. The second-order valence-electron chi connectivity index (χ2n) is 5.79. The second-order valence-corrected chi connectivity index (χ2v) is 6.23. The number of fused-ring (bicyclic) bond motifs is 2. The normalized spacial score (nSPS) is 11.1. The van der Waals surface area contributed by atoms with Gasteiger partial charge in [0.25, 0.3) is 5.56 Å². The predicted molar refractivity (Wildman–Crippen MR) is 99.3 cm³/mol. The summed E-state index contributed by atoms with van der Waals surface area (Å²) in [5, 5.41) is 2.73. The maximum absolute atomic E-state index is 12.8. The lowest BCUT2D eigenvalue weighted by molar-refractivity contribution is 0.0972. The molecule has 0 amide bonds. The first-order chi connectivity index (χ1) is 12.1. The van der Waals surface area contributed by atoms with Gasteiger partial charge in [-0.15, -0.1) is 0 Å². The van der Waals surface area contributed by atoms with Crippen LogP contribution in [0.3, 0.4) is 0 Å². The first-order valence-electron chi connectivity index (χ1n) is 7.79. The highest BCUT2D eigenvalue weighted by Crippen LogP contribution is 2.19. The van der Waals surface area contributed by atoms with Gasteiger partial charge in [0.2, 0.25) is 0 Å². The second kappa shape index (κ2) is 6.15. The molecule has 0 unspecified atom stereocenters. The summed E-state index contributed by atoms with van der Waals surface area (Å²) in [5.41, 5.74) is 0.875. The maximum atomic E-state index is 12.8. The molecule has 25 heavy (non-hydrogen) atoms. The van der Waals surface area contributed by atoms with Gasteiger partial charge in [-0.05, 0) is 29.0 Å².